The molecule has 116 valence electrons. The molecular formula is C14H20N2O5. The Bertz CT molecular complexity index is 549. The smallest absolute Gasteiger partial charge is 0.326 e. The summed E-state index contributed by atoms with van der Waals surface area (Å²) >= 11 is 0. The van der Waals surface area contributed by atoms with Gasteiger partial charge in [0.1, 0.15) is 6.54 Å². The zero-order valence-corrected chi connectivity index (χ0v) is 12.1. The minimum Gasteiger partial charge on any atom is -0.503 e. The van der Waals surface area contributed by atoms with Crippen LogP contribution >= 0.6 is 0 Å². The second-order valence-corrected chi connectivity index (χ2v) is 4.82. The highest BCUT2D eigenvalue weighted by Crippen LogP contribution is 2.14. The number of carbonyl (C=O) groups excluding carboxylic acids is 1. The number of hydrogen-bond acceptors (Lipinski definition) is 6. The molecule has 0 atom stereocenters. The number of aromatic nitrogens is 1. The van der Waals surface area contributed by atoms with Crippen LogP contribution in [-0.2, 0) is 27.4 Å². The lowest BCUT2D eigenvalue weighted by Gasteiger charge is -2.26. The monoisotopic (exact) mass is 296 g/mol. The third-order valence-corrected chi connectivity index (χ3v) is 3.33. The number of nitrogens with zero attached hydrogens (tertiary/aromatic N) is 2. The van der Waals surface area contributed by atoms with Crippen molar-refractivity contribution in [2.24, 2.45) is 0 Å². The van der Waals surface area contributed by atoms with Crippen LogP contribution in [-0.4, -0.2) is 53.5 Å². The van der Waals surface area contributed by atoms with E-state index in [1.54, 1.807) is 13.0 Å². The van der Waals surface area contributed by atoms with Crippen molar-refractivity contribution in [1.29, 1.82) is 0 Å². The van der Waals surface area contributed by atoms with E-state index in [4.69, 9.17) is 9.47 Å². The molecule has 0 saturated carbocycles. The van der Waals surface area contributed by atoms with Gasteiger partial charge in [0.25, 0.3) is 5.56 Å². The summed E-state index contributed by atoms with van der Waals surface area (Å²) in [6, 6.07) is 1.66. The molecule has 7 heteroatoms. The van der Waals surface area contributed by atoms with Crippen molar-refractivity contribution < 1.29 is 19.4 Å². The molecule has 0 amide bonds. The van der Waals surface area contributed by atoms with Crippen molar-refractivity contribution >= 4 is 5.97 Å². The molecule has 2 rings (SSSR count). The highest BCUT2D eigenvalue weighted by atomic mass is 16.5. The first kappa shape index (κ1) is 15.5. The number of esters is 1. The van der Waals surface area contributed by atoms with Crippen LogP contribution in [0.15, 0.2) is 17.1 Å². The Labute approximate surface area is 122 Å². The second-order valence-electron chi connectivity index (χ2n) is 4.82. The number of carbonyl (C=O) groups is 1. The summed E-state index contributed by atoms with van der Waals surface area (Å²) in [5.74, 6) is -0.812. The van der Waals surface area contributed by atoms with E-state index in [0.29, 0.717) is 25.3 Å². The predicted molar refractivity (Wildman–Crippen MR) is 75.1 cm³/mol. The van der Waals surface area contributed by atoms with Crippen LogP contribution < -0.4 is 5.56 Å². The molecule has 21 heavy (non-hydrogen) atoms. The number of ether oxygens (including phenoxy) is 2. The lowest BCUT2D eigenvalue weighted by molar-refractivity contribution is -0.143. The van der Waals surface area contributed by atoms with Gasteiger partial charge in [0, 0.05) is 31.4 Å². The molecule has 2 heterocycles. The lowest BCUT2D eigenvalue weighted by atomic mass is 10.2. The van der Waals surface area contributed by atoms with Crippen molar-refractivity contribution in [2.75, 3.05) is 32.9 Å². The van der Waals surface area contributed by atoms with Crippen molar-refractivity contribution in [1.82, 2.24) is 9.47 Å². The fourth-order valence-electron chi connectivity index (χ4n) is 2.20. The number of aromatic hydroxyl groups is 1. The van der Waals surface area contributed by atoms with Gasteiger partial charge in [-0.25, -0.2) is 0 Å². The van der Waals surface area contributed by atoms with Gasteiger partial charge in [0.05, 0.1) is 19.8 Å². The molecule has 1 aromatic heterocycles. The molecule has 1 saturated heterocycles. The van der Waals surface area contributed by atoms with Gasteiger partial charge in [0.15, 0.2) is 5.75 Å². The zero-order chi connectivity index (χ0) is 15.2. The Hall–Kier alpha value is -1.86. The van der Waals surface area contributed by atoms with Crippen LogP contribution in [0.1, 0.15) is 12.5 Å². The van der Waals surface area contributed by atoms with E-state index in [0.717, 1.165) is 17.7 Å². The fraction of sp³-hybridized carbons (Fsp3) is 0.571. The molecule has 7 nitrogen and oxygen atoms in total. The Morgan fingerprint density at radius 1 is 1.43 bits per heavy atom. The van der Waals surface area contributed by atoms with Crippen molar-refractivity contribution in [3.8, 4) is 5.75 Å². The topological polar surface area (TPSA) is 81.0 Å². The normalized spacial score (nSPS) is 15.9. The number of hydrogen-bond donors (Lipinski definition) is 1. The zero-order valence-electron chi connectivity index (χ0n) is 12.1. The number of morpholine rings is 1. The summed E-state index contributed by atoms with van der Waals surface area (Å²) < 4.78 is 11.2. The Morgan fingerprint density at radius 3 is 2.81 bits per heavy atom. The van der Waals surface area contributed by atoms with E-state index in [-0.39, 0.29) is 18.9 Å². The van der Waals surface area contributed by atoms with Crippen molar-refractivity contribution in [3.63, 3.8) is 0 Å². The van der Waals surface area contributed by atoms with E-state index in [1.165, 1.54) is 6.20 Å². The summed E-state index contributed by atoms with van der Waals surface area (Å²) in [6.07, 6.45) is 1.51. The predicted octanol–water partition coefficient (Wildman–Crippen LogP) is -0.0508. The SMILES string of the molecule is CCOC(=O)Cn1ccc(CN2CCOCC2)c(O)c1=O. The molecule has 1 aromatic rings. The molecule has 1 aliphatic rings. The summed E-state index contributed by atoms with van der Waals surface area (Å²) in [7, 11) is 0. The number of pyridine rings is 1. The standard InChI is InChI=1S/C14H20N2O5/c1-2-21-12(17)10-16-4-3-11(13(18)14(16)19)9-15-5-7-20-8-6-15/h3-4,18H,2,5-10H2,1H3. The highest BCUT2D eigenvalue weighted by molar-refractivity contribution is 5.69. The van der Waals surface area contributed by atoms with Gasteiger partial charge in [0.2, 0.25) is 0 Å². The summed E-state index contributed by atoms with van der Waals surface area (Å²) in [4.78, 5) is 25.5. The Morgan fingerprint density at radius 2 is 2.14 bits per heavy atom. The van der Waals surface area contributed by atoms with E-state index < -0.39 is 11.5 Å². The van der Waals surface area contributed by atoms with E-state index in [2.05, 4.69) is 4.90 Å². The van der Waals surface area contributed by atoms with Gasteiger partial charge in [-0.15, -0.1) is 0 Å². The van der Waals surface area contributed by atoms with Gasteiger partial charge in [-0.1, -0.05) is 0 Å². The maximum atomic E-state index is 12.0. The fourth-order valence-corrected chi connectivity index (χ4v) is 2.20. The maximum absolute atomic E-state index is 12.0. The lowest BCUT2D eigenvalue weighted by Crippen LogP contribution is -2.36. The summed E-state index contributed by atoms with van der Waals surface area (Å²) in [5.41, 5.74) is -0.0178. The second kappa shape index (κ2) is 7.24. The average Bonchev–Trinajstić information content (AvgIpc) is 2.48. The third kappa shape index (κ3) is 4.05. The molecule has 0 bridgehead atoms. The maximum Gasteiger partial charge on any atom is 0.326 e. The molecule has 1 aliphatic heterocycles. The largest absolute Gasteiger partial charge is 0.503 e. The van der Waals surface area contributed by atoms with Gasteiger partial charge in [-0.2, -0.15) is 0 Å². The minimum absolute atomic E-state index is 0.196. The highest BCUT2D eigenvalue weighted by Gasteiger charge is 2.16. The molecule has 1 N–H and O–H groups in total. The molecule has 0 aromatic carbocycles. The van der Waals surface area contributed by atoms with Crippen LogP contribution in [0.3, 0.4) is 0 Å². The van der Waals surface area contributed by atoms with Crippen LogP contribution in [0.2, 0.25) is 0 Å². The van der Waals surface area contributed by atoms with Crippen LogP contribution in [0.25, 0.3) is 0 Å². The van der Waals surface area contributed by atoms with E-state index in [1.807, 2.05) is 0 Å². The van der Waals surface area contributed by atoms with Gasteiger partial charge >= 0.3 is 5.97 Å². The van der Waals surface area contributed by atoms with E-state index >= 15 is 0 Å². The first-order valence-corrected chi connectivity index (χ1v) is 6.98. The molecule has 0 aliphatic carbocycles. The molecule has 0 radical (unpaired) electrons. The first-order chi connectivity index (χ1) is 10.1. The minimum atomic E-state index is -0.575. The van der Waals surface area contributed by atoms with Crippen molar-refractivity contribution in [2.45, 2.75) is 20.0 Å². The average molecular weight is 296 g/mol. The Balaban J connectivity index is 2.09. The van der Waals surface area contributed by atoms with Gasteiger partial charge in [-0.3, -0.25) is 14.5 Å². The van der Waals surface area contributed by atoms with Gasteiger partial charge in [-0.05, 0) is 13.0 Å². The quantitative estimate of drug-likeness (QED) is 0.767. The Kier molecular flexibility index (Phi) is 5.35. The van der Waals surface area contributed by atoms with Crippen LogP contribution in [0, 0.1) is 0 Å². The molecule has 0 spiro atoms. The molecule has 1 fully saturated rings. The summed E-state index contributed by atoms with van der Waals surface area (Å²) in [6.45, 7) is 5.10. The number of rotatable bonds is 5. The van der Waals surface area contributed by atoms with Crippen LogP contribution in [0.4, 0.5) is 0 Å². The third-order valence-electron chi connectivity index (χ3n) is 3.33. The molecular weight excluding hydrogens is 276 g/mol. The van der Waals surface area contributed by atoms with Gasteiger partial charge < -0.3 is 19.1 Å². The van der Waals surface area contributed by atoms with E-state index in [9.17, 15) is 14.7 Å². The molecule has 0 unspecified atom stereocenters. The van der Waals surface area contributed by atoms with Crippen LogP contribution in [0.5, 0.6) is 5.75 Å². The first-order valence-electron chi connectivity index (χ1n) is 6.98. The van der Waals surface area contributed by atoms with Crippen molar-refractivity contribution in [3.05, 3.63) is 28.2 Å². The summed E-state index contributed by atoms with van der Waals surface area (Å²) in [5, 5.41) is 10.0.